The van der Waals surface area contributed by atoms with Crippen LogP contribution < -0.4 is 5.32 Å². The van der Waals surface area contributed by atoms with Crippen molar-refractivity contribution in [3.05, 3.63) is 35.5 Å². The van der Waals surface area contributed by atoms with Crippen LogP contribution >= 0.6 is 0 Å². The molecule has 0 spiro atoms. The molecule has 4 rings (SSSR count). The fourth-order valence-corrected chi connectivity index (χ4v) is 5.13. The van der Waals surface area contributed by atoms with E-state index in [2.05, 4.69) is 22.9 Å². The minimum absolute atomic E-state index is 0.125. The maximum absolute atomic E-state index is 12.5. The van der Waals surface area contributed by atoms with E-state index in [1.807, 2.05) is 32.0 Å². The fraction of sp³-hybridized carbons (Fsp3) is 0.583. The van der Waals surface area contributed by atoms with Gasteiger partial charge in [0.25, 0.3) is 0 Å². The maximum atomic E-state index is 12.5. The van der Waals surface area contributed by atoms with Crippen molar-refractivity contribution in [1.82, 2.24) is 9.88 Å². The molecule has 1 saturated carbocycles. The summed E-state index contributed by atoms with van der Waals surface area (Å²) < 4.78 is 12.6. The number of amides is 1. The molecular formula is C24H32N2O4. The third-order valence-electron chi connectivity index (χ3n) is 7.13. The zero-order valence-corrected chi connectivity index (χ0v) is 18.4. The highest BCUT2D eigenvalue weighted by atomic mass is 16.5. The predicted molar refractivity (Wildman–Crippen MR) is 116 cm³/mol. The molecule has 1 atom stereocenters. The monoisotopic (exact) mass is 412 g/mol. The number of para-hydroxylation sites is 1. The number of hydrogen-bond acceptors (Lipinski definition) is 4. The van der Waals surface area contributed by atoms with E-state index in [0.717, 1.165) is 42.3 Å². The van der Waals surface area contributed by atoms with Crippen LogP contribution in [0.5, 0.6) is 0 Å². The normalized spacial score (nSPS) is 24.1. The molecule has 162 valence electrons. The first-order valence-corrected chi connectivity index (χ1v) is 10.9. The van der Waals surface area contributed by atoms with Gasteiger partial charge in [-0.3, -0.25) is 4.79 Å². The third-order valence-corrected chi connectivity index (χ3v) is 7.13. The second-order valence-electron chi connectivity index (χ2n) is 9.22. The standard InChI is InChI=1S/C24H32N2O4/c1-15(17-9-11-18(12-10-17)25-23(28)24(3)13-30-14-24)26-16(2)21(22(27)29-4)19-7-5-6-8-20(19)26/h5-8,15,17-18H,9-14H2,1-4H3,(H,25,28)/t15-,17?,18?/m1/s1. The number of nitrogens with zero attached hydrogens (tertiary/aromatic N) is 1. The van der Waals surface area contributed by atoms with Gasteiger partial charge in [-0.1, -0.05) is 18.2 Å². The molecule has 6 nitrogen and oxygen atoms in total. The van der Waals surface area contributed by atoms with Crippen LogP contribution in [-0.4, -0.2) is 42.8 Å². The highest BCUT2D eigenvalue weighted by Crippen LogP contribution is 2.38. The molecule has 2 aliphatic rings. The van der Waals surface area contributed by atoms with E-state index in [0.29, 0.717) is 24.7 Å². The van der Waals surface area contributed by atoms with Crippen LogP contribution in [0, 0.1) is 18.3 Å². The van der Waals surface area contributed by atoms with Crippen molar-refractivity contribution in [1.29, 1.82) is 0 Å². The number of ether oxygens (including phenoxy) is 2. The van der Waals surface area contributed by atoms with Crippen LogP contribution in [-0.2, 0) is 14.3 Å². The molecule has 1 saturated heterocycles. The molecule has 2 aromatic rings. The largest absolute Gasteiger partial charge is 0.465 e. The Balaban J connectivity index is 1.49. The van der Waals surface area contributed by atoms with Crippen molar-refractivity contribution < 1.29 is 19.1 Å². The zero-order valence-electron chi connectivity index (χ0n) is 18.4. The molecule has 30 heavy (non-hydrogen) atoms. The van der Waals surface area contributed by atoms with Gasteiger partial charge in [-0.25, -0.2) is 4.79 Å². The highest BCUT2D eigenvalue weighted by molar-refractivity contribution is 6.05. The summed E-state index contributed by atoms with van der Waals surface area (Å²) in [5.74, 6) is 0.343. The third kappa shape index (κ3) is 3.51. The number of aromatic nitrogens is 1. The number of nitrogens with one attached hydrogen (secondary N) is 1. The summed E-state index contributed by atoms with van der Waals surface area (Å²) in [6.45, 7) is 7.27. The molecule has 6 heteroatoms. The molecule has 0 radical (unpaired) electrons. The molecule has 2 fully saturated rings. The van der Waals surface area contributed by atoms with E-state index in [4.69, 9.17) is 9.47 Å². The van der Waals surface area contributed by atoms with Gasteiger partial charge in [0.15, 0.2) is 0 Å². The molecule has 1 aromatic heterocycles. The van der Waals surface area contributed by atoms with Crippen molar-refractivity contribution >= 4 is 22.8 Å². The summed E-state index contributed by atoms with van der Waals surface area (Å²) in [5.41, 5.74) is 2.35. The SMILES string of the molecule is COC(=O)c1c(C)n([C@H](C)C2CCC(NC(=O)C3(C)COC3)CC2)c2ccccc12. The predicted octanol–water partition coefficient (Wildman–Crippen LogP) is 4.01. The smallest absolute Gasteiger partial charge is 0.340 e. The Labute approximate surface area is 177 Å². The van der Waals surface area contributed by atoms with Crippen molar-refractivity contribution in [3.8, 4) is 0 Å². The van der Waals surface area contributed by atoms with Gasteiger partial charge in [0, 0.05) is 28.7 Å². The number of fused-ring (bicyclic) bond motifs is 1. The van der Waals surface area contributed by atoms with Gasteiger partial charge in [0.2, 0.25) is 5.91 Å². The number of carbonyl (C=O) groups is 2. The number of carbonyl (C=O) groups excluding carboxylic acids is 2. The summed E-state index contributed by atoms with van der Waals surface area (Å²) in [7, 11) is 1.43. The average Bonchev–Trinajstić information content (AvgIpc) is 3.03. The number of methoxy groups -OCH3 is 1. The maximum Gasteiger partial charge on any atom is 0.340 e. The molecule has 1 amide bonds. The zero-order chi connectivity index (χ0) is 21.5. The molecule has 1 aliphatic heterocycles. The average molecular weight is 413 g/mol. The molecule has 2 heterocycles. The molecule has 1 aliphatic carbocycles. The van der Waals surface area contributed by atoms with Crippen LogP contribution in [0.15, 0.2) is 24.3 Å². The number of benzene rings is 1. The second kappa shape index (κ2) is 8.06. The van der Waals surface area contributed by atoms with Gasteiger partial charge in [-0.2, -0.15) is 0 Å². The van der Waals surface area contributed by atoms with Crippen LogP contribution in [0.2, 0.25) is 0 Å². The van der Waals surface area contributed by atoms with Crippen LogP contribution in [0.25, 0.3) is 10.9 Å². The second-order valence-corrected chi connectivity index (χ2v) is 9.22. The number of esters is 1. The topological polar surface area (TPSA) is 69.6 Å². The van der Waals surface area contributed by atoms with Gasteiger partial charge in [0.05, 0.1) is 31.3 Å². The first kappa shape index (κ1) is 20.9. The Bertz CT molecular complexity index is 952. The summed E-state index contributed by atoms with van der Waals surface area (Å²) in [5, 5.41) is 4.19. The fourth-order valence-electron chi connectivity index (χ4n) is 5.13. The van der Waals surface area contributed by atoms with Crippen molar-refractivity contribution in [2.75, 3.05) is 20.3 Å². The van der Waals surface area contributed by atoms with Gasteiger partial charge < -0.3 is 19.4 Å². The Kier molecular flexibility index (Phi) is 5.62. The summed E-state index contributed by atoms with van der Waals surface area (Å²) in [4.78, 5) is 24.9. The van der Waals surface area contributed by atoms with Gasteiger partial charge in [-0.15, -0.1) is 0 Å². The van der Waals surface area contributed by atoms with Crippen molar-refractivity contribution in [2.45, 2.75) is 58.5 Å². The van der Waals surface area contributed by atoms with E-state index < -0.39 is 0 Å². The van der Waals surface area contributed by atoms with E-state index in [1.54, 1.807) is 0 Å². The van der Waals surface area contributed by atoms with E-state index in [1.165, 1.54) is 7.11 Å². The van der Waals surface area contributed by atoms with E-state index >= 15 is 0 Å². The summed E-state index contributed by atoms with van der Waals surface area (Å²) >= 11 is 0. The van der Waals surface area contributed by atoms with Crippen LogP contribution in [0.4, 0.5) is 0 Å². The minimum atomic E-state index is -0.352. The Morgan fingerprint density at radius 2 is 1.87 bits per heavy atom. The lowest BCUT2D eigenvalue weighted by atomic mass is 9.80. The summed E-state index contributed by atoms with van der Waals surface area (Å²) in [6, 6.07) is 8.57. The lowest BCUT2D eigenvalue weighted by Gasteiger charge is -2.39. The first-order valence-electron chi connectivity index (χ1n) is 10.9. The van der Waals surface area contributed by atoms with Crippen LogP contribution in [0.1, 0.15) is 61.6 Å². The molecule has 1 aromatic carbocycles. The number of rotatable bonds is 5. The quantitative estimate of drug-likeness (QED) is 0.754. The Morgan fingerprint density at radius 1 is 1.20 bits per heavy atom. The molecule has 0 unspecified atom stereocenters. The number of hydrogen-bond donors (Lipinski definition) is 1. The van der Waals surface area contributed by atoms with E-state index in [-0.39, 0.29) is 29.4 Å². The van der Waals surface area contributed by atoms with Gasteiger partial charge in [0.1, 0.15) is 0 Å². The molecular weight excluding hydrogens is 380 g/mol. The Morgan fingerprint density at radius 3 is 2.47 bits per heavy atom. The molecule has 0 bridgehead atoms. The minimum Gasteiger partial charge on any atom is -0.465 e. The lowest BCUT2D eigenvalue weighted by Crippen LogP contribution is -2.54. The van der Waals surface area contributed by atoms with Crippen LogP contribution in [0.3, 0.4) is 0 Å². The van der Waals surface area contributed by atoms with E-state index in [9.17, 15) is 9.59 Å². The highest BCUT2D eigenvalue weighted by Gasteiger charge is 2.42. The van der Waals surface area contributed by atoms with Crippen molar-refractivity contribution in [3.63, 3.8) is 0 Å². The van der Waals surface area contributed by atoms with Crippen molar-refractivity contribution in [2.24, 2.45) is 11.3 Å². The first-order chi connectivity index (χ1) is 14.4. The molecule has 1 N–H and O–H groups in total. The lowest BCUT2D eigenvalue weighted by molar-refractivity contribution is -0.158. The summed E-state index contributed by atoms with van der Waals surface area (Å²) in [6.07, 6.45) is 4.08. The van der Waals surface area contributed by atoms with Gasteiger partial charge in [-0.05, 0) is 58.4 Å². The van der Waals surface area contributed by atoms with Gasteiger partial charge >= 0.3 is 5.97 Å². The Hall–Kier alpha value is -2.34.